The minimum absolute atomic E-state index is 0.371. The highest BCUT2D eigenvalue weighted by atomic mass is 16.5. The monoisotopic (exact) mass is 167 g/mol. The molecule has 2 atom stereocenters. The van der Waals surface area contributed by atoms with Crippen LogP contribution in [0.25, 0.3) is 0 Å². The Morgan fingerprint density at radius 3 is 3.00 bits per heavy atom. The third-order valence-electron chi connectivity index (χ3n) is 2.44. The van der Waals surface area contributed by atoms with Crippen LogP contribution in [-0.2, 0) is 4.74 Å². The molecular weight excluding hydrogens is 150 g/mol. The van der Waals surface area contributed by atoms with E-state index in [0.29, 0.717) is 18.6 Å². The van der Waals surface area contributed by atoms with Gasteiger partial charge < -0.3 is 10.5 Å². The van der Waals surface area contributed by atoms with Crippen molar-refractivity contribution >= 4 is 0 Å². The molecule has 2 nitrogen and oxygen atoms in total. The quantitative estimate of drug-likeness (QED) is 0.640. The molecule has 1 rings (SSSR count). The van der Waals surface area contributed by atoms with Crippen LogP contribution in [0.15, 0.2) is 0 Å². The average Bonchev–Trinajstić information content (AvgIpc) is 2.52. The summed E-state index contributed by atoms with van der Waals surface area (Å²) in [6, 6.07) is 0. The summed E-state index contributed by atoms with van der Waals surface area (Å²) in [5.74, 6) is 6.30. The molecule has 0 heterocycles. The van der Waals surface area contributed by atoms with Crippen molar-refractivity contribution in [3.63, 3.8) is 0 Å². The predicted octanol–water partition coefficient (Wildman–Crippen LogP) is 1.15. The van der Waals surface area contributed by atoms with Gasteiger partial charge in [0.2, 0.25) is 0 Å². The fraction of sp³-hybridized carbons (Fsp3) is 0.800. The summed E-state index contributed by atoms with van der Waals surface area (Å²) in [7, 11) is 0. The zero-order chi connectivity index (χ0) is 8.81. The molecule has 2 N–H and O–H groups in total. The highest BCUT2D eigenvalue weighted by Crippen LogP contribution is 2.26. The average molecular weight is 167 g/mol. The molecule has 0 spiro atoms. The van der Waals surface area contributed by atoms with Crippen molar-refractivity contribution in [3.8, 4) is 11.8 Å². The molecule has 1 saturated carbocycles. The zero-order valence-electron chi connectivity index (χ0n) is 7.68. The summed E-state index contributed by atoms with van der Waals surface area (Å²) in [5.41, 5.74) is 5.61. The van der Waals surface area contributed by atoms with Crippen molar-refractivity contribution in [2.24, 2.45) is 11.7 Å². The lowest BCUT2D eigenvalue weighted by Crippen LogP contribution is -2.25. The maximum atomic E-state index is 5.61. The Kier molecular flexibility index (Phi) is 4.13. The van der Waals surface area contributed by atoms with E-state index in [2.05, 4.69) is 11.8 Å². The number of rotatable bonds is 3. The highest BCUT2D eigenvalue weighted by molar-refractivity contribution is 4.95. The maximum Gasteiger partial charge on any atom is 0.108 e. The van der Waals surface area contributed by atoms with E-state index < -0.39 is 0 Å². The Hall–Kier alpha value is -0.520. The first-order valence-corrected chi connectivity index (χ1v) is 4.59. The van der Waals surface area contributed by atoms with Crippen LogP contribution in [-0.4, -0.2) is 19.3 Å². The van der Waals surface area contributed by atoms with Gasteiger partial charge in [-0.15, -0.1) is 5.92 Å². The fourth-order valence-electron chi connectivity index (χ4n) is 1.71. The van der Waals surface area contributed by atoms with Gasteiger partial charge in [0, 0.05) is 0 Å². The van der Waals surface area contributed by atoms with Gasteiger partial charge in [0.25, 0.3) is 0 Å². The summed E-state index contributed by atoms with van der Waals surface area (Å²) >= 11 is 0. The molecule has 1 aliphatic carbocycles. The molecular formula is C10H17NO. The molecule has 0 bridgehead atoms. The van der Waals surface area contributed by atoms with E-state index in [1.807, 2.05) is 6.92 Å². The Labute approximate surface area is 74.5 Å². The lowest BCUT2D eigenvalue weighted by atomic mass is 10.1. The van der Waals surface area contributed by atoms with E-state index >= 15 is 0 Å². The van der Waals surface area contributed by atoms with Crippen LogP contribution in [0.3, 0.4) is 0 Å². The van der Waals surface area contributed by atoms with E-state index in [-0.39, 0.29) is 0 Å². The van der Waals surface area contributed by atoms with Crippen molar-refractivity contribution in [2.75, 3.05) is 13.2 Å². The zero-order valence-corrected chi connectivity index (χ0v) is 7.68. The molecule has 1 aliphatic rings. The van der Waals surface area contributed by atoms with Crippen molar-refractivity contribution < 1.29 is 4.74 Å². The molecule has 2 unspecified atom stereocenters. The highest BCUT2D eigenvalue weighted by Gasteiger charge is 2.26. The minimum Gasteiger partial charge on any atom is -0.365 e. The standard InChI is InChI=1S/C10H17NO/c1-2-3-7-12-10-6-4-5-9(10)8-11/h9-10H,4-8,11H2,1H3. The molecule has 0 aromatic carbocycles. The van der Waals surface area contributed by atoms with Crippen molar-refractivity contribution in [2.45, 2.75) is 32.3 Å². The minimum atomic E-state index is 0.371. The predicted molar refractivity (Wildman–Crippen MR) is 49.6 cm³/mol. The molecule has 12 heavy (non-hydrogen) atoms. The van der Waals surface area contributed by atoms with Gasteiger partial charge in [0.05, 0.1) is 6.10 Å². The van der Waals surface area contributed by atoms with Gasteiger partial charge in [-0.25, -0.2) is 0 Å². The molecule has 0 aliphatic heterocycles. The van der Waals surface area contributed by atoms with Gasteiger partial charge in [-0.1, -0.05) is 12.3 Å². The number of hydrogen-bond donors (Lipinski definition) is 1. The van der Waals surface area contributed by atoms with Gasteiger partial charge in [-0.3, -0.25) is 0 Å². The molecule has 2 heteroatoms. The van der Waals surface area contributed by atoms with Crippen LogP contribution in [0.4, 0.5) is 0 Å². The maximum absolute atomic E-state index is 5.61. The second-order valence-corrected chi connectivity index (χ2v) is 3.20. The summed E-state index contributed by atoms with van der Waals surface area (Å²) in [5, 5.41) is 0. The Bertz CT molecular complexity index is 180. The second-order valence-electron chi connectivity index (χ2n) is 3.20. The van der Waals surface area contributed by atoms with Gasteiger partial charge >= 0.3 is 0 Å². The Morgan fingerprint density at radius 1 is 1.50 bits per heavy atom. The first-order chi connectivity index (χ1) is 5.88. The number of ether oxygens (including phenoxy) is 1. The topological polar surface area (TPSA) is 35.2 Å². The van der Waals surface area contributed by atoms with Gasteiger partial charge in [0.15, 0.2) is 0 Å². The van der Waals surface area contributed by atoms with Crippen molar-refractivity contribution in [1.29, 1.82) is 0 Å². The first kappa shape index (κ1) is 9.57. The molecule has 1 fully saturated rings. The van der Waals surface area contributed by atoms with E-state index in [1.165, 1.54) is 12.8 Å². The van der Waals surface area contributed by atoms with Crippen molar-refractivity contribution in [1.82, 2.24) is 0 Å². The number of hydrogen-bond acceptors (Lipinski definition) is 2. The molecule has 0 saturated heterocycles. The van der Waals surface area contributed by atoms with Crippen LogP contribution >= 0.6 is 0 Å². The smallest absolute Gasteiger partial charge is 0.108 e. The molecule has 0 amide bonds. The first-order valence-electron chi connectivity index (χ1n) is 4.59. The normalized spacial score (nSPS) is 28.2. The SMILES string of the molecule is CC#CCOC1CCCC1CN. The summed E-state index contributed by atoms with van der Waals surface area (Å²) in [4.78, 5) is 0. The summed E-state index contributed by atoms with van der Waals surface area (Å²) in [6.45, 7) is 3.15. The third kappa shape index (κ3) is 2.51. The summed E-state index contributed by atoms with van der Waals surface area (Å²) < 4.78 is 5.59. The molecule has 68 valence electrons. The van der Waals surface area contributed by atoms with Crippen LogP contribution < -0.4 is 5.73 Å². The Morgan fingerprint density at radius 2 is 2.33 bits per heavy atom. The van der Waals surface area contributed by atoms with Crippen LogP contribution in [0.2, 0.25) is 0 Å². The fourth-order valence-corrected chi connectivity index (χ4v) is 1.71. The third-order valence-corrected chi connectivity index (χ3v) is 2.44. The van der Waals surface area contributed by atoms with Gasteiger partial charge in [-0.2, -0.15) is 0 Å². The van der Waals surface area contributed by atoms with E-state index in [1.54, 1.807) is 0 Å². The van der Waals surface area contributed by atoms with Gasteiger partial charge in [0.1, 0.15) is 6.61 Å². The van der Waals surface area contributed by atoms with Crippen molar-refractivity contribution in [3.05, 3.63) is 0 Å². The van der Waals surface area contributed by atoms with E-state index in [0.717, 1.165) is 13.0 Å². The largest absolute Gasteiger partial charge is 0.365 e. The van der Waals surface area contributed by atoms with Crippen LogP contribution in [0.5, 0.6) is 0 Å². The number of nitrogens with two attached hydrogens (primary N) is 1. The van der Waals surface area contributed by atoms with E-state index in [9.17, 15) is 0 Å². The molecule has 0 aromatic rings. The van der Waals surface area contributed by atoms with Crippen LogP contribution in [0.1, 0.15) is 26.2 Å². The molecule has 0 aromatic heterocycles. The van der Waals surface area contributed by atoms with E-state index in [4.69, 9.17) is 10.5 Å². The lowest BCUT2D eigenvalue weighted by molar-refractivity contribution is 0.0521. The summed E-state index contributed by atoms with van der Waals surface area (Å²) in [6.07, 6.45) is 4.01. The Balaban J connectivity index is 2.24. The van der Waals surface area contributed by atoms with Gasteiger partial charge in [-0.05, 0) is 32.2 Å². The lowest BCUT2D eigenvalue weighted by Gasteiger charge is -2.16. The molecule has 0 radical (unpaired) electrons. The van der Waals surface area contributed by atoms with Crippen LogP contribution in [0, 0.1) is 17.8 Å². The second kappa shape index (κ2) is 5.18.